The smallest absolute Gasteiger partial charge is 0.338 e. The number of carbonyl (C=O) groups excluding carboxylic acids is 1. The number of carbonyl (C=O) groups is 2. The standard InChI is InChI=1S/C14H17FN2O3/c1-8(9-2-3-9)7-16-14(20)17-10-4-5-11(13(18)19)12(15)6-10/h4-6,8-9H,2-3,7H2,1H3,(H,18,19)(H2,16,17,20). The molecule has 1 aromatic rings. The van der Waals surface area contributed by atoms with E-state index in [1.165, 1.54) is 18.9 Å². The number of rotatable bonds is 5. The summed E-state index contributed by atoms with van der Waals surface area (Å²) in [4.78, 5) is 22.3. The molecule has 20 heavy (non-hydrogen) atoms. The van der Waals surface area contributed by atoms with Crippen LogP contribution in [0.1, 0.15) is 30.1 Å². The van der Waals surface area contributed by atoms with Gasteiger partial charge in [0.05, 0.1) is 5.56 Å². The maximum atomic E-state index is 13.4. The van der Waals surface area contributed by atoms with Gasteiger partial charge in [0.2, 0.25) is 0 Å². The Morgan fingerprint density at radius 2 is 2.15 bits per heavy atom. The van der Waals surface area contributed by atoms with Gasteiger partial charge in [-0.1, -0.05) is 6.92 Å². The van der Waals surface area contributed by atoms with Crippen LogP contribution < -0.4 is 10.6 Å². The highest BCUT2D eigenvalue weighted by molar-refractivity contribution is 5.91. The van der Waals surface area contributed by atoms with Crippen LogP contribution in [-0.4, -0.2) is 23.7 Å². The van der Waals surface area contributed by atoms with Gasteiger partial charge in [0, 0.05) is 12.2 Å². The highest BCUT2D eigenvalue weighted by atomic mass is 19.1. The molecule has 1 saturated carbocycles. The van der Waals surface area contributed by atoms with E-state index in [4.69, 9.17) is 5.11 Å². The number of halogens is 1. The number of anilines is 1. The van der Waals surface area contributed by atoms with Crippen molar-refractivity contribution in [3.8, 4) is 0 Å². The molecule has 1 unspecified atom stereocenters. The molecule has 2 amide bonds. The fourth-order valence-corrected chi connectivity index (χ4v) is 2.03. The number of benzene rings is 1. The van der Waals surface area contributed by atoms with Crippen molar-refractivity contribution in [3.63, 3.8) is 0 Å². The van der Waals surface area contributed by atoms with Crippen LogP contribution in [0, 0.1) is 17.7 Å². The van der Waals surface area contributed by atoms with Crippen molar-refractivity contribution in [1.29, 1.82) is 0 Å². The third-order valence-electron chi connectivity index (χ3n) is 3.47. The van der Waals surface area contributed by atoms with Gasteiger partial charge in [0.1, 0.15) is 5.82 Å². The molecule has 1 fully saturated rings. The van der Waals surface area contributed by atoms with Gasteiger partial charge in [0.15, 0.2) is 0 Å². The Kier molecular flexibility index (Phi) is 4.22. The lowest BCUT2D eigenvalue weighted by Gasteiger charge is -2.12. The van der Waals surface area contributed by atoms with Crippen molar-refractivity contribution in [2.75, 3.05) is 11.9 Å². The number of hydrogen-bond acceptors (Lipinski definition) is 2. The number of carboxylic acid groups (broad SMARTS) is 1. The highest BCUT2D eigenvalue weighted by Crippen LogP contribution is 2.36. The minimum atomic E-state index is -1.34. The van der Waals surface area contributed by atoms with E-state index in [1.807, 2.05) is 0 Å². The van der Waals surface area contributed by atoms with E-state index in [-0.39, 0.29) is 5.69 Å². The first-order valence-corrected chi connectivity index (χ1v) is 6.55. The molecule has 0 saturated heterocycles. The Morgan fingerprint density at radius 3 is 2.70 bits per heavy atom. The molecule has 0 aliphatic heterocycles. The van der Waals surface area contributed by atoms with E-state index in [0.717, 1.165) is 12.1 Å². The van der Waals surface area contributed by atoms with Crippen molar-refractivity contribution >= 4 is 17.7 Å². The predicted octanol–water partition coefficient (Wildman–Crippen LogP) is 2.69. The summed E-state index contributed by atoms with van der Waals surface area (Å²) in [6, 6.07) is 3.06. The minimum absolute atomic E-state index is 0.226. The van der Waals surface area contributed by atoms with E-state index in [9.17, 15) is 14.0 Å². The zero-order valence-corrected chi connectivity index (χ0v) is 11.1. The number of aromatic carboxylic acids is 1. The lowest BCUT2D eigenvalue weighted by Crippen LogP contribution is -2.32. The molecule has 2 rings (SSSR count). The highest BCUT2D eigenvalue weighted by Gasteiger charge is 2.27. The van der Waals surface area contributed by atoms with Gasteiger partial charge in [-0.05, 0) is 42.9 Å². The summed E-state index contributed by atoms with van der Waals surface area (Å²) < 4.78 is 13.4. The van der Waals surface area contributed by atoms with Crippen molar-refractivity contribution in [2.24, 2.45) is 11.8 Å². The zero-order chi connectivity index (χ0) is 14.7. The second kappa shape index (κ2) is 5.90. The Bertz CT molecular complexity index is 529. The van der Waals surface area contributed by atoms with E-state index >= 15 is 0 Å². The van der Waals surface area contributed by atoms with Gasteiger partial charge in [0.25, 0.3) is 0 Å². The molecule has 1 atom stereocenters. The van der Waals surface area contributed by atoms with Crippen molar-refractivity contribution in [3.05, 3.63) is 29.6 Å². The van der Waals surface area contributed by atoms with Gasteiger partial charge >= 0.3 is 12.0 Å². The third-order valence-corrected chi connectivity index (χ3v) is 3.47. The molecule has 0 aromatic heterocycles. The average molecular weight is 280 g/mol. The summed E-state index contributed by atoms with van der Waals surface area (Å²) in [6.45, 7) is 2.66. The first kappa shape index (κ1) is 14.3. The minimum Gasteiger partial charge on any atom is -0.478 e. The fourth-order valence-electron chi connectivity index (χ4n) is 2.03. The quantitative estimate of drug-likeness (QED) is 0.776. The summed E-state index contributed by atoms with van der Waals surface area (Å²) in [5.74, 6) is -1.08. The summed E-state index contributed by atoms with van der Waals surface area (Å²) in [5, 5.41) is 13.9. The van der Waals surface area contributed by atoms with E-state index in [1.54, 1.807) is 0 Å². The Balaban J connectivity index is 1.87. The van der Waals surface area contributed by atoms with Gasteiger partial charge < -0.3 is 15.7 Å². The summed E-state index contributed by atoms with van der Waals surface area (Å²) >= 11 is 0. The van der Waals surface area contributed by atoms with Gasteiger partial charge in [-0.25, -0.2) is 14.0 Å². The van der Waals surface area contributed by atoms with Crippen LogP contribution in [0.25, 0.3) is 0 Å². The lowest BCUT2D eigenvalue weighted by atomic mass is 10.1. The first-order chi connectivity index (χ1) is 9.47. The second-order valence-electron chi connectivity index (χ2n) is 5.15. The van der Waals surface area contributed by atoms with E-state index in [2.05, 4.69) is 17.6 Å². The molecule has 0 radical (unpaired) electrons. The zero-order valence-electron chi connectivity index (χ0n) is 11.1. The van der Waals surface area contributed by atoms with Crippen LogP contribution in [0.5, 0.6) is 0 Å². The monoisotopic (exact) mass is 280 g/mol. The molecule has 108 valence electrons. The average Bonchev–Trinajstić information content (AvgIpc) is 3.19. The van der Waals surface area contributed by atoms with Crippen LogP contribution in [0.3, 0.4) is 0 Å². The lowest BCUT2D eigenvalue weighted by molar-refractivity contribution is 0.0692. The van der Waals surface area contributed by atoms with Crippen molar-refractivity contribution < 1.29 is 19.1 Å². The molecule has 1 aliphatic carbocycles. The first-order valence-electron chi connectivity index (χ1n) is 6.55. The molecule has 5 nitrogen and oxygen atoms in total. The van der Waals surface area contributed by atoms with Crippen LogP contribution in [0.15, 0.2) is 18.2 Å². The number of urea groups is 1. The normalized spacial score (nSPS) is 15.5. The molecular formula is C14H17FN2O3. The van der Waals surface area contributed by atoms with Crippen molar-refractivity contribution in [2.45, 2.75) is 19.8 Å². The summed E-state index contributed by atoms with van der Waals surface area (Å²) in [6.07, 6.45) is 2.43. The maximum Gasteiger partial charge on any atom is 0.338 e. The molecule has 6 heteroatoms. The Labute approximate surface area is 116 Å². The van der Waals surface area contributed by atoms with Crippen LogP contribution in [0.2, 0.25) is 0 Å². The molecule has 0 heterocycles. The second-order valence-corrected chi connectivity index (χ2v) is 5.15. The number of amides is 2. The van der Waals surface area contributed by atoms with Crippen molar-refractivity contribution in [1.82, 2.24) is 5.32 Å². The third kappa shape index (κ3) is 3.69. The molecule has 3 N–H and O–H groups in total. The van der Waals surface area contributed by atoms with Gasteiger partial charge in [-0.2, -0.15) is 0 Å². The predicted molar refractivity (Wildman–Crippen MR) is 72.3 cm³/mol. The molecular weight excluding hydrogens is 263 g/mol. The molecule has 0 spiro atoms. The van der Waals surface area contributed by atoms with Crippen LogP contribution >= 0.6 is 0 Å². The van der Waals surface area contributed by atoms with E-state index < -0.39 is 23.4 Å². The maximum absolute atomic E-state index is 13.4. The number of nitrogens with one attached hydrogen (secondary N) is 2. The number of carboxylic acids is 1. The van der Waals surface area contributed by atoms with E-state index in [0.29, 0.717) is 18.4 Å². The molecule has 1 aliphatic rings. The largest absolute Gasteiger partial charge is 0.478 e. The van der Waals surface area contributed by atoms with Gasteiger partial charge in [-0.3, -0.25) is 0 Å². The number of hydrogen-bond donors (Lipinski definition) is 3. The topological polar surface area (TPSA) is 78.4 Å². The van der Waals surface area contributed by atoms with Crippen LogP contribution in [-0.2, 0) is 0 Å². The molecule has 1 aromatic carbocycles. The van der Waals surface area contributed by atoms with Crippen LogP contribution in [0.4, 0.5) is 14.9 Å². The molecule has 0 bridgehead atoms. The van der Waals surface area contributed by atoms with Gasteiger partial charge in [-0.15, -0.1) is 0 Å². The fraction of sp³-hybridized carbons (Fsp3) is 0.429. The summed E-state index contributed by atoms with van der Waals surface area (Å²) in [7, 11) is 0. The Hall–Kier alpha value is -2.11. The Morgan fingerprint density at radius 1 is 1.45 bits per heavy atom. The summed E-state index contributed by atoms with van der Waals surface area (Å²) in [5.41, 5.74) is -0.192. The SMILES string of the molecule is CC(CNC(=O)Nc1ccc(C(=O)O)c(F)c1)C1CC1.